The second kappa shape index (κ2) is 6.67. The Labute approximate surface area is 131 Å². The van der Waals surface area contributed by atoms with Crippen molar-refractivity contribution in [2.75, 3.05) is 0 Å². The van der Waals surface area contributed by atoms with E-state index in [2.05, 4.69) is 10.6 Å². The number of aliphatic hydroxyl groups excluding tert-OH is 2. The van der Waals surface area contributed by atoms with Crippen molar-refractivity contribution in [2.24, 2.45) is 0 Å². The molecular weight excluding hydrogens is 312 g/mol. The molecule has 10 nitrogen and oxygen atoms in total. The van der Waals surface area contributed by atoms with E-state index in [9.17, 15) is 29.7 Å². The minimum Gasteiger partial charge on any atom is -0.506 e. The van der Waals surface area contributed by atoms with Gasteiger partial charge in [-0.25, -0.2) is 4.79 Å². The number of rotatable bonds is 5. The molecule has 6 N–H and O–H groups in total. The summed E-state index contributed by atoms with van der Waals surface area (Å²) in [7, 11) is 0. The zero-order valence-corrected chi connectivity index (χ0v) is 12.7. The van der Waals surface area contributed by atoms with Gasteiger partial charge in [0.15, 0.2) is 5.76 Å². The van der Waals surface area contributed by atoms with Crippen molar-refractivity contribution >= 4 is 17.8 Å². The number of aliphatic hydroxyl groups is 3. The maximum absolute atomic E-state index is 11.3. The molecule has 0 aliphatic carbocycles. The number of carboxylic acids is 1. The Morgan fingerprint density at radius 2 is 1.83 bits per heavy atom. The van der Waals surface area contributed by atoms with Gasteiger partial charge in [-0.1, -0.05) is 0 Å². The van der Waals surface area contributed by atoms with Gasteiger partial charge in [0.05, 0.1) is 6.10 Å². The van der Waals surface area contributed by atoms with Gasteiger partial charge < -0.3 is 35.8 Å². The fourth-order valence-electron chi connectivity index (χ4n) is 1.88. The second-order valence-corrected chi connectivity index (χ2v) is 4.97. The molecule has 1 aliphatic rings. The first-order valence-electron chi connectivity index (χ1n) is 6.52. The molecule has 1 aliphatic heterocycles. The largest absolute Gasteiger partial charge is 0.506 e. The summed E-state index contributed by atoms with van der Waals surface area (Å²) in [5.41, 5.74) is -0.372. The summed E-state index contributed by atoms with van der Waals surface area (Å²) < 4.78 is 4.95. The fourth-order valence-corrected chi connectivity index (χ4v) is 1.88. The maximum atomic E-state index is 11.3. The molecule has 1 heterocycles. The van der Waals surface area contributed by atoms with Crippen LogP contribution < -0.4 is 10.6 Å². The third-order valence-corrected chi connectivity index (χ3v) is 2.83. The van der Waals surface area contributed by atoms with E-state index in [-0.39, 0.29) is 5.70 Å². The lowest BCUT2D eigenvalue weighted by molar-refractivity contribution is -0.197. The first kappa shape index (κ1) is 18.5. The van der Waals surface area contributed by atoms with Gasteiger partial charge >= 0.3 is 11.8 Å². The van der Waals surface area contributed by atoms with Crippen molar-refractivity contribution in [3.63, 3.8) is 0 Å². The van der Waals surface area contributed by atoms with Gasteiger partial charge in [-0.2, -0.15) is 0 Å². The van der Waals surface area contributed by atoms with Gasteiger partial charge in [0, 0.05) is 19.9 Å². The Balaban J connectivity index is 3.46. The highest BCUT2D eigenvalue weighted by Gasteiger charge is 2.45. The maximum Gasteiger partial charge on any atom is 0.381 e. The number of carboxylic acid groups (broad SMARTS) is 1. The van der Waals surface area contributed by atoms with Crippen LogP contribution in [0.3, 0.4) is 0 Å². The van der Waals surface area contributed by atoms with Crippen LogP contribution in [-0.4, -0.2) is 56.1 Å². The molecule has 23 heavy (non-hydrogen) atoms. The van der Waals surface area contributed by atoms with Crippen LogP contribution in [0.2, 0.25) is 0 Å². The Bertz CT molecular complexity index is 595. The van der Waals surface area contributed by atoms with E-state index >= 15 is 0 Å². The summed E-state index contributed by atoms with van der Waals surface area (Å²) in [6.07, 6.45) is -0.821. The van der Waals surface area contributed by atoms with Crippen molar-refractivity contribution in [3.8, 4) is 0 Å². The van der Waals surface area contributed by atoms with E-state index in [0.29, 0.717) is 6.08 Å². The lowest BCUT2D eigenvalue weighted by Crippen LogP contribution is -2.51. The summed E-state index contributed by atoms with van der Waals surface area (Å²) >= 11 is 0. The van der Waals surface area contributed by atoms with Gasteiger partial charge in [0.1, 0.15) is 17.5 Å². The van der Waals surface area contributed by atoms with Crippen molar-refractivity contribution < 1.29 is 39.5 Å². The number of hydrogen-bond acceptors (Lipinski definition) is 7. The number of ether oxygens (including phenoxy) is 1. The van der Waals surface area contributed by atoms with Crippen LogP contribution in [0.5, 0.6) is 0 Å². The average Bonchev–Trinajstić information content (AvgIpc) is 2.38. The minimum absolute atomic E-state index is 0.372. The van der Waals surface area contributed by atoms with E-state index in [1.807, 2.05) is 0 Å². The Hall–Kier alpha value is -2.59. The van der Waals surface area contributed by atoms with Gasteiger partial charge in [0.2, 0.25) is 11.8 Å². The van der Waals surface area contributed by atoms with Crippen LogP contribution in [0.15, 0.2) is 23.3 Å². The van der Waals surface area contributed by atoms with Gasteiger partial charge in [0.25, 0.3) is 0 Å². The third-order valence-electron chi connectivity index (χ3n) is 2.83. The first-order valence-corrected chi connectivity index (χ1v) is 6.52. The molecule has 10 heteroatoms. The van der Waals surface area contributed by atoms with Crippen LogP contribution in [0.25, 0.3) is 0 Å². The molecule has 0 spiro atoms. The predicted octanol–water partition coefficient (Wildman–Crippen LogP) is -1.54. The SMILES string of the molecule is CC(=O)NC1=C([C@H](NC(C)=O)[C@@H](C)O)O[C@](O)(C(=O)O)C=C1O. The lowest BCUT2D eigenvalue weighted by Gasteiger charge is -2.34. The second-order valence-electron chi connectivity index (χ2n) is 4.97. The number of hydrogen-bond donors (Lipinski definition) is 6. The first-order chi connectivity index (χ1) is 10.5. The normalized spacial score (nSPS) is 23.3. The summed E-state index contributed by atoms with van der Waals surface area (Å²) in [6.45, 7) is 3.51. The number of nitrogens with one attached hydrogen (secondary N) is 2. The highest BCUT2D eigenvalue weighted by Crippen LogP contribution is 2.30. The van der Waals surface area contributed by atoms with Crippen LogP contribution in [0.4, 0.5) is 0 Å². The monoisotopic (exact) mass is 330 g/mol. The van der Waals surface area contributed by atoms with E-state index in [0.717, 1.165) is 13.8 Å². The van der Waals surface area contributed by atoms with Crippen molar-refractivity contribution in [3.05, 3.63) is 23.3 Å². The van der Waals surface area contributed by atoms with Gasteiger partial charge in [-0.15, -0.1) is 0 Å². The quantitative estimate of drug-likeness (QED) is 0.353. The average molecular weight is 330 g/mol. The van der Waals surface area contributed by atoms with Gasteiger partial charge in [-0.3, -0.25) is 9.59 Å². The topological polar surface area (TPSA) is 165 Å². The molecule has 0 saturated heterocycles. The summed E-state index contributed by atoms with van der Waals surface area (Å²) in [5, 5.41) is 43.1. The summed E-state index contributed by atoms with van der Waals surface area (Å²) in [5.74, 6) is -7.28. The number of carbonyl (C=O) groups is 3. The van der Waals surface area contributed by atoms with E-state index in [1.54, 1.807) is 0 Å². The molecule has 0 aromatic carbocycles. The smallest absolute Gasteiger partial charge is 0.381 e. The zero-order valence-electron chi connectivity index (χ0n) is 12.7. The standard InChI is InChI=1S/C13H18N2O8/c1-5(16)9(14-6(2)17)11-10(15-7(3)18)8(19)4-13(22,23-11)12(20)21/h4-5,9,16,19,22H,1-3H3,(H,14,17)(H,15,18)(H,20,21)/t5-,9-,13+/m1/s1. The summed E-state index contributed by atoms with van der Waals surface area (Å²) in [6, 6.07) is -1.32. The van der Waals surface area contributed by atoms with Crippen LogP contribution in [-0.2, 0) is 19.1 Å². The number of carbonyl (C=O) groups excluding carboxylic acids is 2. The molecular formula is C13H18N2O8. The third kappa shape index (κ3) is 4.20. The molecule has 0 bridgehead atoms. The number of amides is 2. The molecule has 0 unspecified atom stereocenters. The van der Waals surface area contributed by atoms with Crippen molar-refractivity contribution in [1.29, 1.82) is 0 Å². The van der Waals surface area contributed by atoms with Crippen LogP contribution in [0.1, 0.15) is 20.8 Å². The highest BCUT2D eigenvalue weighted by atomic mass is 16.7. The van der Waals surface area contributed by atoms with Crippen LogP contribution in [0, 0.1) is 0 Å². The highest BCUT2D eigenvalue weighted by molar-refractivity contribution is 5.80. The van der Waals surface area contributed by atoms with Crippen LogP contribution >= 0.6 is 0 Å². The molecule has 0 saturated carbocycles. The van der Waals surface area contributed by atoms with Crippen molar-refractivity contribution in [1.82, 2.24) is 10.6 Å². The minimum atomic E-state index is -2.92. The number of aliphatic carboxylic acids is 1. The molecule has 0 aromatic heterocycles. The zero-order chi connectivity index (χ0) is 17.9. The predicted molar refractivity (Wildman–Crippen MR) is 74.5 cm³/mol. The summed E-state index contributed by atoms with van der Waals surface area (Å²) in [4.78, 5) is 33.6. The Morgan fingerprint density at radius 3 is 2.22 bits per heavy atom. The molecule has 128 valence electrons. The van der Waals surface area contributed by atoms with E-state index in [1.165, 1.54) is 6.92 Å². The molecule has 1 rings (SSSR count). The lowest BCUT2D eigenvalue weighted by atomic mass is 10.0. The Morgan fingerprint density at radius 1 is 1.26 bits per heavy atom. The molecule has 0 radical (unpaired) electrons. The van der Waals surface area contributed by atoms with E-state index < -0.39 is 47.2 Å². The molecule has 2 amide bonds. The molecule has 0 fully saturated rings. The Kier molecular flexibility index (Phi) is 5.35. The molecule has 3 atom stereocenters. The van der Waals surface area contributed by atoms with Crippen molar-refractivity contribution in [2.45, 2.75) is 38.7 Å². The fraction of sp³-hybridized carbons (Fsp3) is 0.462. The van der Waals surface area contributed by atoms with Gasteiger partial charge in [-0.05, 0) is 6.92 Å². The molecule has 0 aromatic rings. The van der Waals surface area contributed by atoms with E-state index in [4.69, 9.17) is 9.84 Å².